The van der Waals surface area contributed by atoms with E-state index in [1.54, 1.807) is 0 Å². The van der Waals surface area contributed by atoms with Crippen molar-refractivity contribution in [2.45, 2.75) is 38.0 Å². The highest BCUT2D eigenvalue weighted by Gasteiger charge is 2.32. The molecule has 6 heteroatoms. The number of fused-ring (bicyclic) bond motifs is 1. The number of pyridine rings is 2. The van der Waals surface area contributed by atoms with E-state index in [1.807, 2.05) is 41.1 Å². The molecule has 0 unspecified atom stereocenters. The summed E-state index contributed by atoms with van der Waals surface area (Å²) in [5, 5.41) is 0.667. The lowest BCUT2D eigenvalue weighted by molar-refractivity contribution is -0.139. The van der Waals surface area contributed by atoms with Crippen LogP contribution in [0.4, 0.5) is 0 Å². The molecule has 144 valence electrons. The van der Waals surface area contributed by atoms with Gasteiger partial charge >= 0.3 is 0 Å². The van der Waals surface area contributed by atoms with Gasteiger partial charge in [-0.25, -0.2) is 4.98 Å². The third-order valence-corrected chi connectivity index (χ3v) is 6.33. The number of hydrogen-bond acceptors (Lipinski definition) is 3. The van der Waals surface area contributed by atoms with E-state index in [0.29, 0.717) is 16.8 Å². The fraction of sp³-hybridized carbons (Fsp3) is 0.409. The zero-order chi connectivity index (χ0) is 19.1. The number of nitrogens with zero attached hydrogens (tertiary/aromatic N) is 4. The van der Waals surface area contributed by atoms with Gasteiger partial charge in [-0.3, -0.25) is 14.2 Å². The van der Waals surface area contributed by atoms with Crippen molar-refractivity contribution >= 4 is 23.2 Å². The predicted octanol–water partition coefficient (Wildman–Crippen LogP) is 4.56. The molecule has 5 nitrogen and oxygen atoms in total. The molecule has 0 radical (unpaired) electrons. The molecule has 3 aromatic heterocycles. The van der Waals surface area contributed by atoms with Crippen molar-refractivity contribution in [3.8, 4) is 11.4 Å². The van der Waals surface area contributed by atoms with Crippen molar-refractivity contribution in [3.05, 3.63) is 53.4 Å². The molecule has 2 fully saturated rings. The topological polar surface area (TPSA) is 50.5 Å². The molecule has 28 heavy (non-hydrogen) atoms. The first-order valence-corrected chi connectivity index (χ1v) is 10.5. The Morgan fingerprint density at radius 3 is 2.82 bits per heavy atom. The van der Waals surface area contributed by atoms with Crippen LogP contribution in [0.2, 0.25) is 5.02 Å². The lowest BCUT2D eigenvalue weighted by atomic mass is 9.83. The Kier molecular flexibility index (Phi) is 4.55. The zero-order valence-electron chi connectivity index (χ0n) is 15.7. The van der Waals surface area contributed by atoms with Gasteiger partial charge in [-0.1, -0.05) is 24.1 Å². The quantitative estimate of drug-likeness (QED) is 0.654. The van der Waals surface area contributed by atoms with Crippen molar-refractivity contribution < 1.29 is 4.79 Å². The summed E-state index contributed by atoms with van der Waals surface area (Å²) in [7, 11) is 0. The average Bonchev–Trinajstić information content (AvgIpc) is 3.10. The molecule has 1 amide bonds. The molecule has 0 N–H and O–H groups in total. The molecule has 1 atom stereocenters. The largest absolute Gasteiger partial charge is 0.342 e. The minimum Gasteiger partial charge on any atom is -0.342 e. The fourth-order valence-corrected chi connectivity index (χ4v) is 4.46. The maximum Gasteiger partial charge on any atom is 0.225 e. The van der Waals surface area contributed by atoms with E-state index in [0.717, 1.165) is 61.5 Å². The minimum absolute atomic E-state index is 0.265. The first-order valence-electron chi connectivity index (χ1n) is 10.1. The van der Waals surface area contributed by atoms with Crippen LogP contribution < -0.4 is 0 Å². The highest BCUT2D eigenvalue weighted by molar-refractivity contribution is 6.30. The van der Waals surface area contributed by atoms with E-state index in [4.69, 9.17) is 16.6 Å². The van der Waals surface area contributed by atoms with Crippen LogP contribution >= 0.6 is 11.6 Å². The van der Waals surface area contributed by atoms with Crippen molar-refractivity contribution in [2.75, 3.05) is 13.1 Å². The number of hydrogen-bond donors (Lipinski definition) is 0. The van der Waals surface area contributed by atoms with Gasteiger partial charge in [0.05, 0.1) is 22.6 Å². The number of carbonyl (C=O) groups is 1. The molecule has 4 heterocycles. The standard InChI is InChI=1S/C22H23ClN4O/c23-17-9-10-21-24-12-20(27(21)14-17)19-8-2-7-18(25-19)16-6-3-11-26(13-16)22(28)15-4-1-5-15/h2,7-10,12,14-16H,1,3-6,11,13H2/t16-/m1/s1. The summed E-state index contributed by atoms with van der Waals surface area (Å²) in [6, 6.07) is 9.89. The lowest BCUT2D eigenvalue weighted by Crippen LogP contribution is -2.44. The Morgan fingerprint density at radius 1 is 1.11 bits per heavy atom. The molecule has 0 spiro atoms. The first-order chi connectivity index (χ1) is 13.7. The van der Waals surface area contributed by atoms with Crippen LogP contribution in [0.25, 0.3) is 17.0 Å². The molecule has 0 bridgehead atoms. The maximum atomic E-state index is 12.7. The van der Waals surface area contributed by atoms with Crippen LogP contribution in [0.5, 0.6) is 0 Å². The Morgan fingerprint density at radius 2 is 2.00 bits per heavy atom. The molecule has 2 aliphatic rings. The van der Waals surface area contributed by atoms with Gasteiger partial charge in [-0.05, 0) is 49.9 Å². The van der Waals surface area contributed by atoms with E-state index in [1.165, 1.54) is 6.42 Å². The van der Waals surface area contributed by atoms with Crippen LogP contribution in [0, 0.1) is 5.92 Å². The second-order valence-electron chi connectivity index (χ2n) is 7.92. The monoisotopic (exact) mass is 394 g/mol. The molecule has 5 rings (SSSR count). The molecule has 1 aliphatic carbocycles. The third-order valence-electron chi connectivity index (χ3n) is 6.11. The number of rotatable bonds is 3. The van der Waals surface area contributed by atoms with Crippen LogP contribution in [-0.2, 0) is 4.79 Å². The Labute approximate surface area is 169 Å². The average molecular weight is 395 g/mol. The Bertz CT molecular complexity index is 1030. The normalized spacial score (nSPS) is 20.3. The summed E-state index contributed by atoms with van der Waals surface area (Å²) in [6.45, 7) is 1.67. The smallest absolute Gasteiger partial charge is 0.225 e. The highest BCUT2D eigenvalue weighted by Crippen LogP contribution is 2.33. The number of piperidine rings is 1. The summed E-state index contributed by atoms with van der Waals surface area (Å²) < 4.78 is 1.97. The SMILES string of the molecule is O=C(C1CCC1)N1CCC[C@@H](c2cccc(-c3cnc4ccc(Cl)cn34)n2)C1. The first kappa shape index (κ1) is 17.7. The van der Waals surface area contributed by atoms with E-state index in [9.17, 15) is 4.79 Å². The molecule has 3 aromatic rings. The Hall–Kier alpha value is -2.40. The second kappa shape index (κ2) is 7.21. The van der Waals surface area contributed by atoms with Gasteiger partial charge in [0.25, 0.3) is 0 Å². The summed E-state index contributed by atoms with van der Waals surface area (Å²) in [6.07, 6.45) is 9.14. The van der Waals surface area contributed by atoms with E-state index >= 15 is 0 Å². The predicted molar refractivity (Wildman–Crippen MR) is 109 cm³/mol. The van der Waals surface area contributed by atoms with Crippen molar-refractivity contribution in [2.24, 2.45) is 5.92 Å². The summed E-state index contributed by atoms with van der Waals surface area (Å²) in [5.74, 6) is 0.907. The minimum atomic E-state index is 0.265. The van der Waals surface area contributed by atoms with Gasteiger partial charge in [-0.2, -0.15) is 0 Å². The van der Waals surface area contributed by atoms with E-state index in [-0.39, 0.29) is 5.92 Å². The van der Waals surface area contributed by atoms with Gasteiger partial charge in [0.2, 0.25) is 5.91 Å². The molecular formula is C22H23ClN4O. The van der Waals surface area contributed by atoms with Crippen LogP contribution in [0.1, 0.15) is 43.7 Å². The molecule has 1 aliphatic heterocycles. The lowest BCUT2D eigenvalue weighted by Gasteiger charge is -2.37. The van der Waals surface area contributed by atoms with Gasteiger partial charge < -0.3 is 4.90 Å². The maximum absolute atomic E-state index is 12.7. The number of aromatic nitrogens is 3. The molecule has 0 aromatic carbocycles. The number of halogens is 1. The number of likely N-dealkylation sites (tertiary alicyclic amines) is 1. The van der Waals surface area contributed by atoms with Gasteiger partial charge in [0.1, 0.15) is 5.65 Å². The van der Waals surface area contributed by atoms with Gasteiger partial charge in [-0.15, -0.1) is 0 Å². The fourth-order valence-electron chi connectivity index (χ4n) is 4.30. The van der Waals surface area contributed by atoms with Crippen molar-refractivity contribution in [1.82, 2.24) is 19.3 Å². The van der Waals surface area contributed by atoms with Crippen molar-refractivity contribution in [1.29, 1.82) is 0 Å². The van der Waals surface area contributed by atoms with Crippen LogP contribution in [0.15, 0.2) is 42.7 Å². The second-order valence-corrected chi connectivity index (χ2v) is 8.35. The number of carbonyl (C=O) groups excluding carboxylic acids is 1. The molecular weight excluding hydrogens is 372 g/mol. The number of imidazole rings is 1. The Balaban J connectivity index is 1.42. The number of amides is 1. The summed E-state index contributed by atoms with van der Waals surface area (Å²) >= 11 is 6.17. The highest BCUT2D eigenvalue weighted by atomic mass is 35.5. The summed E-state index contributed by atoms with van der Waals surface area (Å²) in [5.41, 5.74) is 3.72. The third kappa shape index (κ3) is 3.18. The zero-order valence-corrected chi connectivity index (χ0v) is 16.5. The van der Waals surface area contributed by atoms with Crippen LogP contribution in [0.3, 0.4) is 0 Å². The summed E-state index contributed by atoms with van der Waals surface area (Å²) in [4.78, 5) is 24.2. The molecule has 1 saturated heterocycles. The molecule has 1 saturated carbocycles. The van der Waals surface area contributed by atoms with E-state index < -0.39 is 0 Å². The van der Waals surface area contributed by atoms with Crippen molar-refractivity contribution in [3.63, 3.8) is 0 Å². The van der Waals surface area contributed by atoms with Gasteiger partial charge in [0, 0.05) is 36.8 Å². The van der Waals surface area contributed by atoms with E-state index in [2.05, 4.69) is 16.0 Å². The van der Waals surface area contributed by atoms with Gasteiger partial charge in [0.15, 0.2) is 0 Å². The van der Waals surface area contributed by atoms with Crippen LogP contribution in [-0.4, -0.2) is 38.3 Å².